The number of carbonyl (C=O) groups excluding carboxylic acids is 1. The Morgan fingerprint density at radius 3 is 2.48 bits per heavy atom. The summed E-state index contributed by atoms with van der Waals surface area (Å²) in [7, 11) is 0. The Kier molecular flexibility index (Phi) is 4.17. The van der Waals surface area contributed by atoms with E-state index in [0.29, 0.717) is 18.9 Å². The van der Waals surface area contributed by atoms with E-state index >= 15 is 0 Å². The molecule has 25 heavy (non-hydrogen) atoms. The molecule has 7 heteroatoms. The van der Waals surface area contributed by atoms with Crippen LogP contribution in [0, 0.1) is 16.0 Å². The minimum Gasteiger partial charge on any atom is -0.378 e. The number of hydrogen-bond donors (Lipinski definition) is 0. The van der Waals surface area contributed by atoms with Crippen molar-refractivity contribution in [2.75, 3.05) is 44.3 Å². The average molecular weight is 343 g/mol. The minimum atomic E-state index is -0.389. The molecule has 1 aromatic rings. The van der Waals surface area contributed by atoms with Crippen LogP contribution in [0.25, 0.3) is 6.08 Å². The van der Waals surface area contributed by atoms with Gasteiger partial charge in [-0.05, 0) is 25.0 Å². The second kappa shape index (κ2) is 6.48. The Morgan fingerprint density at radius 1 is 1.12 bits per heavy atom. The van der Waals surface area contributed by atoms with Crippen molar-refractivity contribution >= 4 is 23.2 Å². The van der Waals surface area contributed by atoms with Crippen LogP contribution in [-0.4, -0.2) is 55.0 Å². The number of non-ortho nitro benzene ring substituents is 1. The summed E-state index contributed by atoms with van der Waals surface area (Å²) in [5, 5.41) is 11.2. The number of morpholine rings is 1. The molecule has 0 aromatic heterocycles. The van der Waals surface area contributed by atoms with Crippen LogP contribution in [0.4, 0.5) is 11.4 Å². The van der Waals surface area contributed by atoms with Gasteiger partial charge in [-0.15, -0.1) is 0 Å². The van der Waals surface area contributed by atoms with E-state index in [-0.39, 0.29) is 22.3 Å². The number of nitro benzene ring substituents is 1. The van der Waals surface area contributed by atoms with Crippen LogP contribution in [0.3, 0.4) is 0 Å². The lowest BCUT2D eigenvalue weighted by molar-refractivity contribution is -0.384. The highest BCUT2D eigenvalue weighted by atomic mass is 16.6. The molecular weight excluding hydrogens is 322 g/mol. The number of piperidine rings is 3. The molecule has 2 bridgehead atoms. The lowest BCUT2D eigenvalue weighted by Gasteiger charge is -2.41. The molecule has 4 saturated heterocycles. The normalized spacial score (nSPS) is 22.7. The van der Waals surface area contributed by atoms with Crippen molar-refractivity contribution in [1.29, 1.82) is 0 Å². The van der Waals surface area contributed by atoms with Gasteiger partial charge in [-0.3, -0.25) is 14.9 Å². The number of ketones is 1. The van der Waals surface area contributed by atoms with Crippen LogP contribution in [0.2, 0.25) is 0 Å². The predicted molar refractivity (Wildman–Crippen MR) is 93.4 cm³/mol. The van der Waals surface area contributed by atoms with Gasteiger partial charge in [0.05, 0.1) is 23.8 Å². The largest absolute Gasteiger partial charge is 0.378 e. The second-order valence-corrected chi connectivity index (χ2v) is 6.75. The summed E-state index contributed by atoms with van der Waals surface area (Å²) in [6.45, 7) is 4.55. The van der Waals surface area contributed by atoms with E-state index in [0.717, 1.165) is 50.3 Å². The summed E-state index contributed by atoms with van der Waals surface area (Å²) in [4.78, 5) is 27.7. The zero-order valence-corrected chi connectivity index (χ0v) is 14.0. The smallest absolute Gasteiger partial charge is 0.270 e. The molecule has 4 heterocycles. The van der Waals surface area contributed by atoms with E-state index in [1.165, 1.54) is 6.07 Å². The van der Waals surface area contributed by atoms with Crippen molar-refractivity contribution < 1.29 is 14.5 Å². The summed E-state index contributed by atoms with van der Waals surface area (Å²) in [6.07, 6.45) is 3.69. The number of Topliss-reactive ketones (excluding diaryl/α,β-unsaturated/α-hetero) is 1. The van der Waals surface area contributed by atoms with Crippen LogP contribution >= 0.6 is 0 Å². The molecule has 4 aliphatic rings. The fourth-order valence-corrected chi connectivity index (χ4v) is 3.92. The van der Waals surface area contributed by atoms with Crippen molar-refractivity contribution in [1.82, 2.24) is 4.90 Å². The number of nitrogens with zero attached hydrogens (tertiary/aromatic N) is 3. The van der Waals surface area contributed by atoms with E-state index in [4.69, 9.17) is 4.74 Å². The molecule has 4 fully saturated rings. The van der Waals surface area contributed by atoms with Gasteiger partial charge in [0.25, 0.3) is 5.69 Å². The van der Waals surface area contributed by atoms with Gasteiger partial charge in [-0.1, -0.05) is 0 Å². The van der Waals surface area contributed by atoms with Crippen molar-refractivity contribution in [3.05, 3.63) is 39.6 Å². The van der Waals surface area contributed by atoms with Crippen LogP contribution in [-0.2, 0) is 9.53 Å². The van der Waals surface area contributed by atoms with Gasteiger partial charge in [-0.2, -0.15) is 0 Å². The van der Waals surface area contributed by atoms with Gasteiger partial charge in [0.2, 0.25) is 0 Å². The zero-order chi connectivity index (χ0) is 17.4. The molecule has 4 aliphatic heterocycles. The number of fused-ring (bicyclic) bond motifs is 3. The summed E-state index contributed by atoms with van der Waals surface area (Å²) in [5.41, 5.74) is 2.42. The van der Waals surface area contributed by atoms with E-state index in [1.807, 2.05) is 6.08 Å². The number of allylic oxidation sites excluding steroid dienone is 1. The predicted octanol–water partition coefficient (Wildman–Crippen LogP) is 2.07. The number of nitro groups is 1. The summed E-state index contributed by atoms with van der Waals surface area (Å²) < 4.78 is 5.40. The minimum absolute atomic E-state index is 0.0484. The van der Waals surface area contributed by atoms with E-state index in [1.54, 1.807) is 12.1 Å². The Hall–Kier alpha value is -2.41. The van der Waals surface area contributed by atoms with E-state index < -0.39 is 0 Å². The first-order valence-corrected chi connectivity index (χ1v) is 8.75. The van der Waals surface area contributed by atoms with Crippen LogP contribution < -0.4 is 4.90 Å². The van der Waals surface area contributed by atoms with Crippen LogP contribution in [0.15, 0.2) is 23.9 Å². The molecule has 0 atom stereocenters. The first kappa shape index (κ1) is 16.1. The molecule has 0 amide bonds. The Bertz CT molecular complexity index is 732. The topological polar surface area (TPSA) is 75.9 Å². The van der Waals surface area contributed by atoms with Crippen LogP contribution in [0.1, 0.15) is 18.4 Å². The number of benzene rings is 1. The zero-order valence-electron chi connectivity index (χ0n) is 14.0. The highest BCUT2D eigenvalue weighted by Crippen LogP contribution is 2.35. The van der Waals surface area contributed by atoms with Crippen molar-refractivity contribution in [2.45, 2.75) is 12.8 Å². The molecule has 0 unspecified atom stereocenters. The lowest BCUT2D eigenvalue weighted by atomic mass is 9.84. The third-order valence-electron chi connectivity index (χ3n) is 5.32. The monoisotopic (exact) mass is 343 g/mol. The first-order chi connectivity index (χ1) is 12.1. The van der Waals surface area contributed by atoms with Gasteiger partial charge >= 0.3 is 0 Å². The van der Waals surface area contributed by atoms with Crippen molar-refractivity contribution in [2.24, 2.45) is 5.92 Å². The van der Waals surface area contributed by atoms with Gasteiger partial charge < -0.3 is 14.5 Å². The fraction of sp³-hybridized carbons (Fsp3) is 0.500. The molecule has 0 spiro atoms. The lowest BCUT2D eigenvalue weighted by Crippen LogP contribution is -2.46. The van der Waals surface area contributed by atoms with Crippen LogP contribution in [0.5, 0.6) is 0 Å². The molecule has 7 nitrogen and oxygen atoms in total. The number of anilines is 1. The molecule has 0 aliphatic carbocycles. The van der Waals surface area contributed by atoms with Gasteiger partial charge in [-0.25, -0.2) is 0 Å². The number of hydrogen-bond acceptors (Lipinski definition) is 6. The maximum atomic E-state index is 12.6. The van der Waals surface area contributed by atoms with Gasteiger partial charge in [0.15, 0.2) is 5.78 Å². The summed E-state index contributed by atoms with van der Waals surface area (Å²) in [5.74, 6) is 0.290. The average Bonchev–Trinajstić information content (AvgIpc) is 2.65. The Morgan fingerprint density at radius 2 is 1.84 bits per heavy atom. The maximum absolute atomic E-state index is 12.6. The Labute approximate surface area is 146 Å². The Balaban J connectivity index is 1.75. The van der Waals surface area contributed by atoms with E-state index in [2.05, 4.69) is 9.80 Å². The third kappa shape index (κ3) is 3.00. The maximum Gasteiger partial charge on any atom is 0.270 e. The molecule has 132 valence electrons. The fourth-order valence-electron chi connectivity index (χ4n) is 3.92. The van der Waals surface area contributed by atoms with Gasteiger partial charge in [0, 0.05) is 55.5 Å². The number of rotatable bonds is 3. The van der Waals surface area contributed by atoms with Crippen molar-refractivity contribution in [3.8, 4) is 0 Å². The van der Waals surface area contributed by atoms with Gasteiger partial charge in [0.1, 0.15) is 0 Å². The SMILES string of the molecule is O=C1C(=Cc2cc([N+](=O)[O-])ccc2N2CCOCC2)N2CCC1CC2. The number of carbonyl (C=O) groups is 1. The number of ether oxygens (including phenoxy) is 1. The standard InChI is InChI=1S/C18H21N3O4/c22-18-13-3-5-19(6-4-13)17(18)12-14-11-15(21(23)24)1-2-16(14)20-7-9-25-10-8-20/h1-2,11-13H,3-10H2. The summed E-state index contributed by atoms with van der Waals surface area (Å²) in [6, 6.07) is 4.90. The highest BCUT2D eigenvalue weighted by molar-refractivity contribution is 6.02. The summed E-state index contributed by atoms with van der Waals surface area (Å²) >= 11 is 0. The quantitative estimate of drug-likeness (QED) is 0.475. The first-order valence-electron chi connectivity index (χ1n) is 8.75. The molecular formula is C18H21N3O4. The van der Waals surface area contributed by atoms with Crippen molar-refractivity contribution in [3.63, 3.8) is 0 Å². The van der Waals surface area contributed by atoms with E-state index in [9.17, 15) is 14.9 Å². The second-order valence-electron chi connectivity index (χ2n) is 6.75. The molecule has 0 radical (unpaired) electrons. The molecule has 5 rings (SSSR count). The molecule has 0 N–H and O–H groups in total. The molecule has 1 aromatic carbocycles. The molecule has 0 saturated carbocycles. The third-order valence-corrected chi connectivity index (χ3v) is 5.32. The highest BCUT2D eigenvalue weighted by Gasteiger charge is 2.36.